The summed E-state index contributed by atoms with van der Waals surface area (Å²) < 4.78 is 0. The number of hydrogen-bond donors (Lipinski definition) is 1. The van der Waals surface area contributed by atoms with Crippen LogP contribution in [0.2, 0.25) is 0 Å². The Labute approximate surface area is 94.8 Å². The molecule has 15 heavy (non-hydrogen) atoms. The van der Waals surface area contributed by atoms with Crippen LogP contribution in [0, 0.1) is 0 Å². The molecule has 1 aliphatic heterocycles. The lowest BCUT2D eigenvalue weighted by atomic mass is 10.5. The first-order chi connectivity index (χ1) is 7.00. The molecular weight excluding hydrogens is 214 g/mol. The minimum Gasteiger partial charge on any atom is -0.347 e. The molecule has 1 unspecified atom stereocenters. The van der Waals surface area contributed by atoms with Crippen LogP contribution in [0.1, 0.15) is 8.35 Å². The highest BCUT2D eigenvalue weighted by molar-refractivity contribution is 8.16. The molecule has 0 spiro atoms. The van der Waals surface area contributed by atoms with Crippen LogP contribution in [0.4, 0.5) is 0 Å². The van der Waals surface area contributed by atoms with Crippen LogP contribution in [0.5, 0.6) is 0 Å². The Balaban J connectivity index is 0.00000225. The molecule has 5 nitrogen and oxygen atoms in total. The van der Waals surface area contributed by atoms with Gasteiger partial charge < -0.3 is 10.2 Å². The predicted octanol–water partition coefficient (Wildman–Crippen LogP) is -0.0294. The summed E-state index contributed by atoms with van der Waals surface area (Å²) in [5, 5.41) is 3.38. The van der Waals surface area contributed by atoms with E-state index in [1.807, 2.05) is 6.92 Å². The zero-order chi connectivity index (χ0) is 11.4. The Morgan fingerprint density at radius 1 is 1.67 bits per heavy atom. The molecule has 0 aromatic heterocycles. The highest BCUT2D eigenvalue weighted by atomic mass is 32.2. The molecule has 1 N–H and O–H groups in total. The molecule has 0 radical (unpaired) electrons. The van der Waals surface area contributed by atoms with E-state index in [9.17, 15) is 9.59 Å². The Morgan fingerprint density at radius 3 is 2.80 bits per heavy atom. The maximum Gasteiger partial charge on any atom is 0.276 e. The van der Waals surface area contributed by atoms with Gasteiger partial charge in [0.25, 0.3) is 5.91 Å². The van der Waals surface area contributed by atoms with Crippen LogP contribution in [-0.2, 0) is 9.59 Å². The summed E-state index contributed by atoms with van der Waals surface area (Å²) >= 11 is 1.45. The topological polar surface area (TPSA) is 61.8 Å². The largest absolute Gasteiger partial charge is 0.347 e. The predicted molar refractivity (Wildman–Crippen MR) is 63.2 cm³/mol. The lowest BCUT2D eigenvalue weighted by Gasteiger charge is -2.10. The summed E-state index contributed by atoms with van der Waals surface area (Å²) in [6.07, 6.45) is 0. The molecule has 1 rings (SSSR count). The summed E-state index contributed by atoms with van der Waals surface area (Å²) in [4.78, 5) is 28.2. The minimum atomic E-state index is -0.250. The van der Waals surface area contributed by atoms with E-state index in [2.05, 4.69) is 10.3 Å². The van der Waals surface area contributed by atoms with Crippen LogP contribution in [0.3, 0.4) is 0 Å². The Morgan fingerprint density at radius 2 is 2.33 bits per heavy atom. The molecule has 86 valence electrons. The van der Waals surface area contributed by atoms with Gasteiger partial charge in [0.15, 0.2) is 5.04 Å². The number of thioether (sulfide) groups is 1. The fraction of sp³-hybridized carbons (Fsp3) is 0.667. The third kappa shape index (κ3) is 3.54. The van der Waals surface area contributed by atoms with Crippen molar-refractivity contribution in [3.05, 3.63) is 0 Å². The van der Waals surface area contributed by atoms with E-state index in [-0.39, 0.29) is 19.8 Å². The van der Waals surface area contributed by atoms with E-state index < -0.39 is 0 Å². The first-order valence-electron chi connectivity index (χ1n) is 4.70. The van der Waals surface area contributed by atoms with Crippen molar-refractivity contribution >= 4 is 28.6 Å². The molecule has 1 atom stereocenters. The van der Waals surface area contributed by atoms with Gasteiger partial charge in [-0.25, -0.2) is 0 Å². The van der Waals surface area contributed by atoms with E-state index in [1.165, 1.54) is 16.7 Å². The second kappa shape index (κ2) is 5.16. The van der Waals surface area contributed by atoms with E-state index >= 15 is 0 Å². The summed E-state index contributed by atoms with van der Waals surface area (Å²) in [7, 11) is 3.30. The van der Waals surface area contributed by atoms with Gasteiger partial charge in [-0.05, 0) is 0 Å². The molecule has 1 aliphatic rings. The van der Waals surface area contributed by atoms with Crippen LogP contribution < -0.4 is 5.32 Å². The van der Waals surface area contributed by atoms with Gasteiger partial charge in [-0.1, -0.05) is 18.7 Å². The molecule has 0 aromatic carbocycles. The highest BCUT2D eigenvalue weighted by Crippen LogP contribution is 2.19. The average molecular weight is 231 g/mol. The van der Waals surface area contributed by atoms with Crippen molar-refractivity contribution < 1.29 is 11.0 Å². The Bertz CT molecular complexity index is 307. The lowest BCUT2D eigenvalue weighted by molar-refractivity contribution is -0.129. The maximum atomic E-state index is 11.5. The second-order valence-electron chi connectivity index (χ2n) is 3.55. The van der Waals surface area contributed by atoms with E-state index in [0.29, 0.717) is 16.8 Å². The number of hydrogen-bond acceptors (Lipinski definition) is 4. The van der Waals surface area contributed by atoms with E-state index in [4.69, 9.17) is 0 Å². The third-order valence-electron chi connectivity index (χ3n) is 1.90. The van der Waals surface area contributed by atoms with Crippen molar-refractivity contribution in [1.82, 2.24) is 10.2 Å². The number of likely N-dealkylation sites (N-methyl/N-ethyl adjacent to an activating group) is 1. The first-order valence-corrected chi connectivity index (χ1v) is 5.58. The van der Waals surface area contributed by atoms with Gasteiger partial charge in [-0.15, -0.1) is 0 Å². The number of nitrogens with one attached hydrogen (secondary N) is 1. The molecule has 0 aliphatic carbocycles. The van der Waals surface area contributed by atoms with Crippen LogP contribution in [0.15, 0.2) is 4.99 Å². The molecule has 0 aromatic rings. The van der Waals surface area contributed by atoms with E-state index in [0.717, 1.165) is 0 Å². The van der Waals surface area contributed by atoms with Crippen LogP contribution in [0.25, 0.3) is 0 Å². The Hall–Kier alpha value is -1.04. The first kappa shape index (κ1) is 12.0. The molecule has 0 saturated heterocycles. The molecule has 6 heteroatoms. The number of amides is 2. The number of carbonyl (C=O) groups is 2. The monoisotopic (exact) mass is 231 g/mol. The quantitative estimate of drug-likeness (QED) is 0.742. The number of nitrogens with zero attached hydrogens (tertiary/aromatic N) is 2. The lowest BCUT2D eigenvalue weighted by Crippen LogP contribution is -2.38. The molecule has 0 saturated carbocycles. The van der Waals surface area contributed by atoms with Crippen LogP contribution in [-0.4, -0.2) is 54.2 Å². The van der Waals surface area contributed by atoms with Crippen LogP contribution >= 0.6 is 11.8 Å². The molecule has 2 amide bonds. The molecule has 1 heterocycles. The summed E-state index contributed by atoms with van der Waals surface area (Å²) in [6.45, 7) is 2.72. The average Bonchev–Trinajstić information content (AvgIpc) is 2.60. The molecule has 0 fully saturated rings. The van der Waals surface area contributed by atoms with Gasteiger partial charge in [0.1, 0.15) is 0 Å². The maximum absolute atomic E-state index is 11.5. The second-order valence-corrected chi connectivity index (χ2v) is 4.97. The van der Waals surface area contributed by atoms with E-state index in [1.54, 1.807) is 14.1 Å². The number of rotatable bonds is 3. The minimum absolute atomic E-state index is 0. The number of carbonyl (C=O) groups excluding carboxylic acids is 2. The zero-order valence-corrected chi connectivity index (χ0v) is 9.93. The van der Waals surface area contributed by atoms with Gasteiger partial charge in [0, 0.05) is 20.8 Å². The standard InChI is InChI=1S/C9H15N3O2S.H2/c1-6-4-11-9(15-6)8(14)10-5-7(13)12(2)3;/h6H,4-5H2,1-3H3,(H,10,14);1H. The summed E-state index contributed by atoms with van der Waals surface area (Å²) in [5.74, 6) is -0.375. The fourth-order valence-electron chi connectivity index (χ4n) is 0.992. The van der Waals surface area contributed by atoms with Crippen molar-refractivity contribution in [3.8, 4) is 0 Å². The smallest absolute Gasteiger partial charge is 0.276 e. The summed E-state index contributed by atoms with van der Waals surface area (Å²) in [6, 6.07) is 0. The van der Waals surface area contributed by atoms with Gasteiger partial charge in [-0.2, -0.15) is 0 Å². The summed E-state index contributed by atoms with van der Waals surface area (Å²) in [5.41, 5.74) is 0. The SMILES string of the molecule is CC1CN=C(C(=O)NCC(=O)N(C)C)S1.[HH]. The third-order valence-corrected chi connectivity index (χ3v) is 2.99. The number of aliphatic imine (C=N–C) groups is 1. The van der Waals surface area contributed by atoms with Gasteiger partial charge in [-0.3, -0.25) is 14.6 Å². The fourth-order valence-corrected chi connectivity index (χ4v) is 1.85. The normalized spacial score (nSPS) is 19.7. The Kier molecular flexibility index (Phi) is 4.14. The van der Waals surface area contributed by atoms with Gasteiger partial charge in [0.05, 0.1) is 13.1 Å². The molecule has 0 bridgehead atoms. The molecular formula is C9H17N3O2S. The van der Waals surface area contributed by atoms with Crippen molar-refractivity contribution in [3.63, 3.8) is 0 Å². The van der Waals surface area contributed by atoms with Crippen molar-refractivity contribution in [1.29, 1.82) is 0 Å². The van der Waals surface area contributed by atoms with Crippen molar-refractivity contribution in [2.75, 3.05) is 27.2 Å². The van der Waals surface area contributed by atoms with Gasteiger partial charge >= 0.3 is 0 Å². The van der Waals surface area contributed by atoms with Gasteiger partial charge in [0.2, 0.25) is 5.91 Å². The van der Waals surface area contributed by atoms with Crippen molar-refractivity contribution in [2.24, 2.45) is 4.99 Å². The highest BCUT2D eigenvalue weighted by Gasteiger charge is 2.21. The zero-order valence-electron chi connectivity index (χ0n) is 9.11. The van der Waals surface area contributed by atoms with Crippen molar-refractivity contribution in [2.45, 2.75) is 12.2 Å².